The molecule has 1 heterocycles. The maximum atomic E-state index is 3.21. The van der Waals surface area contributed by atoms with Crippen LogP contribution in [0.4, 0.5) is 5.69 Å². The average Bonchev–Trinajstić information content (AvgIpc) is 2.24. The van der Waals surface area contributed by atoms with Crippen molar-refractivity contribution in [3.05, 3.63) is 29.8 Å². The molecule has 0 bridgehead atoms. The molecule has 0 spiro atoms. The minimum absolute atomic E-state index is 0.651. The van der Waals surface area contributed by atoms with Gasteiger partial charge in [-0.1, -0.05) is 19.1 Å². The van der Waals surface area contributed by atoms with Crippen molar-refractivity contribution in [2.75, 3.05) is 31.6 Å². The van der Waals surface area contributed by atoms with Gasteiger partial charge in [0.15, 0.2) is 0 Å². The average molecular weight is 218 g/mol. The van der Waals surface area contributed by atoms with Crippen molar-refractivity contribution >= 4 is 5.69 Å². The Kier molecular flexibility index (Phi) is 3.83. The third-order valence-electron chi connectivity index (χ3n) is 3.51. The van der Waals surface area contributed by atoms with Crippen molar-refractivity contribution in [2.24, 2.45) is 0 Å². The Labute approximate surface area is 98.7 Å². The number of rotatable bonds is 5. The van der Waals surface area contributed by atoms with Crippen LogP contribution in [-0.4, -0.2) is 26.7 Å². The fourth-order valence-electron chi connectivity index (χ4n) is 2.12. The Morgan fingerprint density at radius 2 is 1.94 bits per heavy atom. The number of anilines is 1. The summed E-state index contributed by atoms with van der Waals surface area (Å²) < 4.78 is 0. The molecule has 2 rings (SSSR count). The molecule has 1 saturated heterocycles. The zero-order valence-electron chi connectivity index (χ0n) is 10.4. The molecule has 1 aromatic carbocycles. The zero-order chi connectivity index (χ0) is 11.4. The molecule has 0 unspecified atom stereocenters. The predicted molar refractivity (Wildman–Crippen MR) is 70.2 cm³/mol. The van der Waals surface area contributed by atoms with Gasteiger partial charge in [0.1, 0.15) is 0 Å². The molecule has 0 aromatic heterocycles. The van der Waals surface area contributed by atoms with Gasteiger partial charge in [0.2, 0.25) is 0 Å². The molecule has 1 fully saturated rings. The molecule has 2 nitrogen and oxygen atoms in total. The third-order valence-corrected chi connectivity index (χ3v) is 3.51. The molecule has 0 radical (unpaired) electrons. The largest absolute Gasteiger partial charge is 0.371 e. The summed E-state index contributed by atoms with van der Waals surface area (Å²) in [6.07, 6.45) is 2.56. The minimum Gasteiger partial charge on any atom is -0.371 e. The van der Waals surface area contributed by atoms with Gasteiger partial charge in [-0.3, -0.25) is 0 Å². The lowest BCUT2D eigenvalue weighted by Gasteiger charge is -2.33. The molecule has 16 heavy (non-hydrogen) atoms. The standard InChI is InChI=1S/C14H22N2/c1-12(8-9-15-2)13-4-6-14(7-5-13)16-10-3-11-16/h4-7,12,15H,3,8-11H2,1-2H3/t12-/m1/s1. The van der Waals surface area contributed by atoms with E-state index in [2.05, 4.69) is 41.4 Å². The number of hydrogen-bond acceptors (Lipinski definition) is 2. The lowest BCUT2D eigenvalue weighted by Crippen LogP contribution is -2.36. The summed E-state index contributed by atoms with van der Waals surface area (Å²) in [5.41, 5.74) is 2.84. The van der Waals surface area contributed by atoms with E-state index in [0.29, 0.717) is 5.92 Å². The normalized spacial score (nSPS) is 17.0. The van der Waals surface area contributed by atoms with Crippen molar-refractivity contribution in [2.45, 2.75) is 25.7 Å². The Bertz CT molecular complexity index is 314. The van der Waals surface area contributed by atoms with Crippen LogP contribution in [0.15, 0.2) is 24.3 Å². The highest BCUT2D eigenvalue weighted by atomic mass is 15.2. The van der Waals surface area contributed by atoms with Crippen molar-refractivity contribution in [1.29, 1.82) is 0 Å². The summed E-state index contributed by atoms with van der Waals surface area (Å²) in [7, 11) is 2.01. The van der Waals surface area contributed by atoms with Crippen LogP contribution >= 0.6 is 0 Å². The zero-order valence-corrected chi connectivity index (χ0v) is 10.4. The van der Waals surface area contributed by atoms with Crippen LogP contribution in [-0.2, 0) is 0 Å². The molecule has 0 saturated carbocycles. The first kappa shape index (κ1) is 11.5. The topological polar surface area (TPSA) is 15.3 Å². The molecule has 0 aliphatic carbocycles. The molecule has 1 aliphatic rings. The van der Waals surface area contributed by atoms with Crippen LogP contribution < -0.4 is 10.2 Å². The van der Waals surface area contributed by atoms with Crippen molar-refractivity contribution in [1.82, 2.24) is 5.32 Å². The number of benzene rings is 1. The van der Waals surface area contributed by atoms with Crippen molar-refractivity contribution < 1.29 is 0 Å². The minimum atomic E-state index is 0.651. The third kappa shape index (κ3) is 2.56. The van der Waals surface area contributed by atoms with E-state index < -0.39 is 0 Å². The van der Waals surface area contributed by atoms with E-state index in [1.807, 2.05) is 7.05 Å². The second-order valence-corrected chi connectivity index (χ2v) is 4.73. The van der Waals surface area contributed by atoms with Crippen LogP contribution in [0, 0.1) is 0 Å². The predicted octanol–water partition coefficient (Wildman–Crippen LogP) is 2.61. The van der Waals surface area contributed by atoms with Crippen molar-refractivity contribution in [3.8, 4) is 0 Å². The van der Waals surface area contributed by atoms with Crippen LogP contribution in [0.3, 0.4) is 0 Å². The highest BCUT2D eigenvalue weighted by Crippen LogP contribution is 2.24. The van der Waals surface area contributed by atoms with Crippen LogP contribution in [0.1, 0.15) is 31.2 Å². The van der Waals surface area contributed by atoms with Gasteiger partial charge < -0.3 is 10.2 Å². The molecule has 0 amide bonds. The van der Waals surface area contributed by atoms with Gasteiger partial charge in [-0.2, -0.15) is 0 Å². The Hall–Kier alpha value is -1.02. The molecule has 1 atom stereocenters. The maximum absolute atomic E-state index is 3.21. The first-order chi connectivity index (χ1) is 7.81. The van der Waals surface area contributed by atoms with E-state index in [-0.39, 0.29) is 0 Å². The quantitative estimate of drug-likeness (QED) is 0.817. The SMILES string of the molecule is CNCC[C@@H](C)c1ccc(N2CCC2)cc1. The van der Waals surface area contributed by atoms with E-state index in [0.717, 1.165) is 6.54 Å². The number of nitrogens with zero attached hydrogens (tertiary/aromatic N) is 1. The highest BCUT2D eigenvalue weighted by molar-refractivity contribution is 5.49. The maximum Gasteiger partial charge on any atom is 0.0366 e. The van der Waals surface area contributed by atoms with Gasteiger partial charge in [-0.15, -0.1) is 0 Å². The summed E-state index contributed by atoms with van der Waals surface area (Å²) >= 11 is 0. The highest BCUT2D eigenvalue weighted by Gasteiger charge is 2.14. The number of hydrogen-bond donors (Lipinski definition) is 1. The number of nitrogens with one attached hydrogen (secondary N) is 1. The molecule has 88 valence electrons. The van der Waals surface area contributed by atoms with Gasteiger partial charge in [-0.25, -0.2) is 0 Å². The summed E-state index contributed by atoms with van der Waals surface area (Å²) in [5.74, 6) is 0.651. The van der Waals surface area contributed by atoms with Crippen LogP contribution in [0.5, 0.6) is 0 Å². The van der Waals surface area contributed by atoms with E-state index >= 15 is 0 Å². The van der Waals surface area contributed by atoms with Crippen LogP contribution in [0.25, 0.3) is 0 Å². The molecule has 1 aromatic rings. The Balaban J connectivity index is 1.95. The van der Waals surface area contributed by atoms with E-state index in [1.165, 1.54) is 37.2 Å². The molecular formula is C14H22N2. The van der Waals surface area contributed by atoms with Gasteiger partial charge in [0, 0.05) is 18.8 Å². The lowest BCUT2D eigenvalue weighted by atomic mass is 9.97. The van der Waals surface area contributed by atoms with Crippen LogP contribution in [0.2, 0.25) is 0 Å². The second kappa shape index (κ2) is 5.35. The van der Waals surface area contributed by atoms with E-state index in [9.17, 15) is 0 Å². The summed E-state index contributed by atoms with van der Waals surface area (Å²) in [6.45, 7) is 5.86. The van der Waals surface area contributed by atoms with Gasteiger partial charge >= 0.3 is 0 Å². The fraction of sp³-hybridized carbons (Fsp3) is 0.571. The van der Waals surface area contributed by atoms with E-state index in [4.69, 9.17) is 0 Å². The van der Waals surface area contributed by atoms with Gasteiger partial charge in [0.25, 0.3) is 0 Å². The van der Waals surface area contributed by atoms with Crippen molar-refractivity contribution in [3.63, 3.8) is 0 Å². The molecule has 2 heteroatoms. The first-order valence-corrected chi connectivity index (χ1v) is 6.31. The monoisotopic (exact) mass is 218 g/mol. The second-order valence-electron chi connectivity index (χ2n) is 4.73. The smallest absolute Gasteiger partial charge is 0.0366 e. The summed E-state index contributed by atoms with van der Waals surface area (Å²) in [6, 6.07) is 9.11. The molecule has 1 N–H and O–H groups in total. The van der Waals surface area contributed by atoms with E-state index in [1.54, 1.807) is 0 Å². The first-order valence-electron chi connectivity index (χ1n) is 6.31. The fourth-order valence-corrected chi connectivity index (χ4v) is 2.12. The lowest BCUT2D eigenvalue weighted by molar-refractivity contribution is 0.616. The Morgan fingerprint density at radius 1 is 1.25 bits per heavy atom. The Morgan fingerprint density at radius 3 is 2.44 bits per heavy atom. The molecule has 1 aliphatic heterocycles. The van der Waals surface area contributed by atoms with Gasteiger partial charge in [-0.05, 0) is 50.0 Å². The summed E-state index contributed by atoms with van der Waals surface area (Å²) in [5, 5.41) is 3.21. The molecular weight excluding hydrogens is 196 g/mol. The van der Waals surface area contributed by atoms with Gasteiger partial charge in [0.05, 0.1) is 0 Å². The summed E-state index contributed by atoms with van der Waals surface area (Å²) in [4.78, 5) is 2.43.